The largest absolute Gasteiger partial charge is 0.377 e. The number of carbonyl (C=O) groups is 4. The molecule has 0 radical (unpaired) electrons. The van der Waals surface area contributed by atoms with E-state index in [2.05, 4.69) is 71.7 Å². The number of nitrogens with one attached hydrogen (secondary N) is 6. The third kappa shape index (κ3) is 11.6. The summed E-state index contributed by atoms with van der Waals surface area (Å²) in [6, 6.07) is 12.9. The Morgan fingerprint density at radius 3 is 1.44 bits per heavy atom. The maximum atomic E-state index is 14.6. The standard InChI is InChI=1S/C52H74N8O7S4/c1-29(53-7)47(68)55-35-17-23-70-39-27-51(3,4)43(59(39)49(35)63)45(61)57-41-33-15-11-9-13-31(33)25-37(41)66-21-19-65-20-22-67-38-26-32-14-10-12-16-34(32)42(38)58-46(62)44-52(5,6)28-40-60(44)50(64)36(18-24-71-40)56-48(69)30(2)54-8/h9-16,29-30,35-44,53-54H,17-28H2,1-8H3,(H,55,68)(H,56,69)(H,57,61)(H,58,62)/t29-,30-,35-,36-,37+,38+,39-,40-,41-,42-,43+,44+/m0/s1. The van der Waals surface area contributed by atoms with Crippen molar-refractivity contribution < 1.29 is 33.4 Å². The van der Waals surface area contributed by atoms with Crippen molar-refractivity contribution in [3.63, 3.8) is 0 Å². The van der Waals surface area contributed by atoms with E-state index in [1.807, 2.05) is 74.1 Å². The maximum Gasteiger partial charge on any atom is 0.246 e. The van der Waals surface area contributed by atoms with E-state index in [0.29, 0.717) is 74.9 Å². The zero-order valence-electron chi connectivity index (χ0n) is 42.4. The molecule has 4 saturated heterocycles. The Morgan fingerprint density at radius 1 is 0.648 bits per heavy atom. The lowest BCUT2D eigenvalue weighted by atomic mass is 9.83. The highest BCUT2D eigenvalue weighted by atomic mass is 32.2. The number of rotatable bonds is 18. The smallest absolute Gasteiger partial charge is 0.246 e. The normalized spacial score (nSPS) is 30.3. The summed E-state index contributed by atoms with van der Waals surface area (Å²) in [7, 11) is 3.68. The van der Waals surface area contributed by atoms with Gasteiger partial charge in [0.25, 0.3) is 0 Å². The number of hydrogen-bond donors (Lipinski definition) is 6. The Morgan fingerprint density at radius 2 is 1.04 bits per heavy atom. The Kier molecular flexibility index (Phi) is 17.5. The molecule has 15 nitrogen and oxygen atoms in total. The number of hydrogen-bond acceptors (Lipinski definition) is 13. The van der Waals surface area contributed by atoms with E-state index in [9.17, 15) is 19.2 Å². The number of likely N-dealkylation sites (N-methyl/N-ethyl adjacent to an activating group) is 2. The molecule has 0 saturated carbocycles. The minimum atomic E-state index is -0.667. The fourth-order valence-corrected chi connectivity index (χ4v) is 15.1. The summed E-state index contributed by atoms with van der Waals surface area (Å²) in [5.41, 5.74) is 3.35. The first kappa shape index (κ1) is 53.9. The summed E-state index contributed by atoms with van der Waals surface area (Å²) >= 11 is 14.7. The molecule has 4 fully saturated rings. The number of carbonyl (C=O) groups excluding carboxylic acids is 4. The fraction of sp³-hybridized carbons (Fsp3) is 0.654. The van der Waals surface area contributed by atoms with Crippen molar-refractivity contribution in [1.82, 2.24) is 41.7 Å². The van der Waals surface area contributed by atoms with E-state index in [-0.39, 0.29) is 58.7 Å². The van der Waals surface area contributed by atoms with E-state index in [4.69, 9.17) is 38.6 Å². The van der Waals surface area contributed by atoms with Gasteiger partial charge in [-0.05, 0) is 98.2 Å². The molecule has 6 aliphatic rings. The quantitative estimate of drug-likeness (QED) is 0.0906. The average molecular weight is 1050 g/mol. The minimum Gasteiger partial charge on any atom is -0.377 e. The Labute approximate surface area is 439 Å². The van der Waals surface area contributed by atoms with Crippen molar-refractivity contribution in [2.24, 2.45) is 10.8 Å². The fourth-order valence-electron chi connectivity index (χ4n) is 11.4. The zero-order chi connectivity index (χ0) is 50.8. The summed E-state index contributed by atoms with van der Waals surface area (Å²) < 4.78 is 19.1. The van der Waals surface area contributed by atoms with Crippen LogP contribution in [0.1, 0.15) is 102 Å². The van der Waals surface area contributed by atoms with Gasteiger partial charge in [0, 0.05) is 12.8 Å². The minimum absolute atomic E-state index is 0.0883. The number of benzene rings is 2. The molecule has 4 heterocycles. The van der Waals surface area contributed by atoms with E-state index >= 15 is 0 Å². The molecule has 71 heavy (non-hydrogen) atoms. The van der Waals surface area contributed by atoms with Crippen LogP contribution in [0.15, 0.2) is 48.5 Å². The van der Waals surface area contributed by atoms with Crippen molar-refractivity contribution in [2.75, 3.05) is 52.0 Å². The maximum absolute atomic E-state index is 14.6. The Hall–Kier alpha value is -3.40. The predicted octanol–water partition coefficient (Wildman–Crippen LogP) is 4.57. The van der Waals surface area contributed by atoms with Gasteiger partial charge in [0.1, 0.15) is 24.2 Å². The van der Waals surface area contributed by atoms with Crippen molar-refractivity contribution in [1.29, 1.82) is 0 Å². The summed E-state index contributed by atoms with van der Waals surface area (Å²) in [6.07, 6.45) is 3.29. The molecule has 0 spiro atoms. The molecule has 0 bridgehead atoms. The van der Waals surface area contributed by atoms with Crippen molar-refractivity contribution >= 4 is 81.6 Å². The van der Waals surface area contributed by atoms with Gasteiger partial charge < -0.3 is 55.9 Å². The topological polar surface area (TPSA) is 175 Å². The molecule has 2 aromatic rings. The SMILES string of the molecule is CN[C@@H](C)C(=S)N[C@H]1CCS[C@H]2CC(C)(C)[C@@H](C(=O)N[C@H]3c4ccccc4C[C@H]3OCCOCCO[C@@H]3Cc4ccccc4[C@@H]3NC(=O)[C@H]3N4C(=O)[C@@H](NC(=S)[C@H](C)NC)CCS[C@H]4CC3(C)C)N2C1=O. The molecule has 2 aliphatic carbocycles. The highest BCUT2D eigenvalue weighted by Crippen LogP contribution is 2.48. The molecule has 4 aliphatic heterocycles. The number of amides is 4. The Bertz CT molecular complexity index is 2150. The summed E-state index contributed by atoms with van der Waals surface area (Å²) in [5.74, 6) is 1.03. The van der Waals surface area contributed by atoms with Crippen LogP contribution >= 0.6 is 48.0 Å². The van der Waals surface area contributed by atoms with Crippen molar-refractivity contribution in [3.8, 4) is 0 Å². The van der Waals surface area contributed by atoms with Gasteiger partial charge in [-0.2, -0.15) is 0 Å². The molecule has 2 aromatic carbocycles. The molecule has 0 unspecified atom stereocenters. The van der Waals surface area contributed by atoms with Crippen LogP contribution < -0.4 is 31.9 Å². The highest BCUT2D eigenvalue weighted by molar-refractivity contribution is 8.00. The lowest BCUT2D eigenvalue weighted by molar-refractivity contribution is -0.143. The van der Waals surface area contributed by atoms with Gasteiger partial charge in [-0.1, -0.05) is 101 Å². The van der Waals surface area contributed by atoms with Gasteiger partial charge in [-0.15, -0.1) is 23.5 Å². The van der Waals surface area contributed by atoms with E-state index in [1.54, 1.807) is 23.5 Å². The number of thiocarbonyl (C=S) groups is 2. The number of nitrogens with zero attached hydrogens (tertiary/aromatic N) is 2. The van der Waals surface area contributed by atoms with E-state index in [1.165, 1.54) is 0 Å². The molecular formula is C52H74N8O7S4. The van der Waals surface area contributed by atoms with E-state index in [0.717, 1.165) is 33.8 Å². The molecule has 6 N–H and O–H groups in total. The van der Waals surface area contributed by atoms with Gasteiger partial charge in [-0.25, -0.2) is 0 Å². The van der Waals surface area contributed by atoms with Crippen LogP contribution in [0.5, 0.6) is 0 Å². The van der Waals surface area contributed by atoms with E-state index < -0.39 is 47.1 Å². The average Bonchev–Trinajstić information content (AvgIpc) is 3.98. The van der Waals surface area contributed by atoms with Crippen LogP contribution in [0, 0.1) is 10.8 Å². The first-order chi connectivity index (χ1) is 33.9. The molecule has 0 aromatic heterocycles. The van der Waals surface area contributed by atoms with Crippen LogP contribution in [0.25, 0.3) is 0 Å². The molecule has 19 heteroatoms. The summed E-state index contributed by atoms with van der Waals surface area (Å²) in [4.78, 5) is 62.7. The van der Waals surface area contributed by atoms with Crippen LogP contribution in [0.4, 0.5) is 0 Å². The van der Waals surface area contributed by atoms with Gasteiger partial charge in [-0.3, -0.25) is 19.2 Å². The van der Waals surface area contributed by atoms with Gasteiger partial charge in [0.15, 0.2) is 0 Å². The lowest BCUT2D eigenvalue weighted by Crippen LogP contribution is -2.58. The van der Waals surface area contributed by atoms with Gasteiger partial charge in [0.2, 0.25) is 23.6 Å². The third-order valence-electron chi connectivity index (χ3n) is 15.5. The third-order valence-corrected chi connectivity index (χ3v) is 18.9. The predicted molar refractivity (Wildman–Crippen MR) is 288 cm³/mol. The first-order valence-electron chi connectivity index (χ1n) is 25.3. The second kappa shape index (κ2) is 23.0. The molecule has 388 valence electrons. The number of thioether (sulfide) groups is 2. The highest BCUT2D eigenvalue weighted by Gasteiger charge is 2.57. The zero-order valence-corrected chi connectivity index (χ0v) is 45.7. The van der Waals surface area contributed by atoms with Crippen LogP contribution in [-0.4, -0.2) is 155 Å². The van der Waals surface area contributed by atoms with Crippen LogP contribution in [0.3, 0.4) is 0 Å². The second-order valence-electron chi connectivity index (χ2n) is 21.3. The monoisotopic (exact) mass is 1050 g/mol. The first-order valence-corrected chi connectivity index (χ1v) is 28.3. The molecule has 12 atom stereocenters. The summed E-state index contributed by atoms with van der Waals surface area (Å²) in [6.45, 7) is 13.5. The Balaban J connectivity index is 0.858. The molecule has 4 amide bonds. The lowest BCUT2D eigenvalue weighted by Gasteiger charge is -2.35. The summed E-state index contributed by atoms with van der Waals surface area (Å²) in [5, 5.41) is 19.4. The number of ether oxygens (including phenoxy) is 3. The second-order valence-corrected chi connectivity index (χ2v) is 24.7. The van der Waals surface area contributed by atoms with Gasteiger partial charge >= 0.3 is 0 Å². The molecular weight excluding hydrogens is 977 g/mol. The number of fused-ring (bicyclic) bond motifs is 4. The molecule has 8 rings (SSSR count). The van der Waals surface area contributed by atoms with Gasteiger partial charge in [0.05, 0.1) is 83.5 Å². The van der Waals surface area contributed by atoms with Crippen LogP contribution in [-0.2, 0) is 46.2 Å². The van der Waals surface area contributed by atoms with Crippen LogP contribution in [0.2, 0.25) is 0 Å². The van der Waals surface area contributed by atoms with Crippen molar-refractivity contribution in [3.05, 3.63) is 70.8 Å². The van der Waals surface area contributed by atoms with Crippen molar-refractivity contribution in [2.45, 2.75) is 151 Å².